The van der Waals surface area contributed by atoms with Crippen molar-refractivity contribution in [2.45, 2.75) is 25.3 Å². The Kier molecular flexibility index (Phi) is 5.62. The molecule has 8 heteroatoms. The van der Waals surface area contributed by atoms with Gasteiger partial charge in [0, 0.05) is 31.0 Å². The van der Waals surface area contributed by atoms with E-state index in [4.69, 9.17) is 10.5 Å². The largest absolute Gasteiger partial charge is 0.449 e. The molecule has 1 saturated heterocycles. The molecule has 3 N–H and O–H groups in total. The van der Waals surface area contributed by atoms with Gasteiger partial charge >= 0.3 is 6.09 Å². The Balaban J connectivity index is 1.58. The quantitative estimate of drug-likeness (QED) is 0.816. The SMILES string of the molecule is NC(=O)OCCc1ccc(NC(=O)[C@@H]2CCCN2c2ncccn2)cc1. The maximum atomic E-state index is 12.7. The van der Waals surface area contributed by atoms with Crippen molar-refractivity contribution >= 4 is 23.6 Å². The van der Waals surface area contributed by atoms with E-state index in [-0.39, 0.29) is 18.6 Å². The van der Waals surface area contributed by atoms with Crippen LogP contribution in [0.25, 0.3) is 0 Å². The van der Waals surface area contributed by atoms with E-state index < -0.39 is 6.09 Å². The van der Waals surface area contributed by atoms with Crippen LogP contribution in [0.3, 0.4) is 0 Å². The van der Waals surface area contributed by atoms with E-state index in [2.05, 4.69) is 15.3 Å². The number of amides is 2. The number of anilines is 2. The molecule has 2 heterocycles. The molecule has 1 aromatic carbocycles. The highest BCUT2D eigenvalue weighted by Gasteiger charge is 2.32. The number of rotatable bonds is 6. The molecule has 0 saturated carbocycles. The summed E-state index contributed by atoms with van der Waals surface area (Å²) in [7, 11) is 0. The van der Waals surface area contributed by atoms with Crippen LogP contribution in [0, 0.1) is 0 Å². The summed E-state index contributed by atoms with van der Waals surface area (Å²) in [4.78, 5) is 33.6. The third kappa shape index (κ3) is 4.47. The second-order valence-electron chi connectivity index (χ2n) is 6.00. The monoisotopic (exact) mass is 355 g/mol. The molecule has 1 aromatic heterocycles. The van der Waals surface area contributed by atoms with Crippen LogP contribution in [0.4, 0.5) is 16.4 Å². The van der Waals surface area contributed by atoms with Crippen molar-refractivity contribution in [3.05, 3.63) is 48.3 Å². The molecule has 2 aromatic rings. The van der Waals surface area contributed by atoms with Crippen LogP contribution in [0.15, 0.2) is 42.7 Å². The molecule has 8 nitrogen and oxygen atoms in total. The molecule has 0 unspecified atom stereocenters. The fourth-order valence-corrected chi connectivity index (χ4v) is 2.97. The van der Waals surface area contributed by atoms with Gasteiger partial charge in [0.25, 0.3) is 0 Å². The summed E-state index contributed by atoms with van der Waals surface area (Å²) in [5.41, 5.74) is 6.64. The Morgan fingerprint density at radius 1 is 1.23 bits per heavy atom. The minimum absolute atomic E-state index is 0.0697. The second-order valence-corrected chi connectivity index (χ2v) is 6.00. The van der Waals surface area contributed by atoms with Crippen molar-refractivity contribution < 1.29 is 14.3 Å². The lowest BCUT2D eigenvalue weighted by atomic mass is 10.1. The first-order valence-corrected chi connectivity index (χ1v) is 8.49. The van der Waals surface area contributed by atoms with E-state index in [9.17, 15) is 9.59 Å². The van der Waals surface area contributed by atoms with Gasteiger partial charge < -0.3 is 20.7 Å². The molecule has 1 aliphatic rings. The van der Waals surface area contributed by atoms with Crippen molar-refractivity contribution in [3.63, 3.8) is 0 Å². The standard InChI is InChI=1S/C18H21N5O3/c19-17(25)26-12-8-13-4-6-14(7-5-13)22-16(24)15-3-1-11-23(15)18-20-9-2-10-21-18/h2,4-7,9-10,15H,1,3,8,11-12H2,(H2,19,25)(H,22,24)/t15-/m0/s1. The van der Waals surface area contributed by atoms with Crippen LogP contribution in [-0.2, 0) is 16.0 Å². The number of nitrogens with two attached hydrogens (primary N) is 1. The molecule has 26 heavy (non-hydrogen) atoms. The summed E-state index contributed by atoms with van der Waals surface area (Å²) in [6.45, 7) is 0.996. The van der Waals surface area contributed by atoms with Crippen LogP contribution in [0.2, 0.25) is 0 Å². The van der Waals surface area contributed by atoms with E-state index in [0.29, 0.717) is 12.4 Å². The lowest BCUT2D eigenvalue weighted by Crippen LogP contribution is -2.40. The van der Waals surface area contributed by atoms with E-state index in [0.717, 1.165) is 30.6 Å². The number of ether oxygens (including phenoxy) is 1. The summed E-state index contributed by atoms with van der Waals surface area (Å²) in [6.07, 6.45) is 4.84. The molecule has 0 radical (unpaired) electrons. The van der Waals surface area contributed by atoms with Gasteiger partial charge in [-0.05, 0) is 36.6 Å². The zero-order valence-corrected chi connectivity index (χ0v) is 14.3. The van der Waals surface area contributed by atoms with Crippen LogP contribution in [0.5, 0.6) is 0 Å². The minimum Gasteiger partial charge on any atom is -0.449 e. The van der Waals surface area contributed by atoms with Gasteiger partial charge in [-0.2, -0.15) is 0 Å². The molecule has 0 aliphatic carbocycles. The summed E-state index contributed by atoms with van der Waals surface area (Å²) in [5.74, 6) is 0.509. The zero-order valence-electron chi connectivity index (χ0n) is 14.3. The van der Waals surface area contributed by atoms with Gasteiger partial charge in [-0.15, -0.1) is 0 Å². The predicted octanol–water partition coefficient (Wildman–Crippen LogP) is 1.72. The summed E-state index contributed by atoms with van der Waals surface area (Å²) in [5, 5.41) is 2.94. The predicted molar refractivity (Wildman–Crippen MR) is 96.7 cm³/mol. The van der Waals surface area contributed by atoms with E-state index >= 15 is 0 Å². The fraction of sp³-hybridized carbons (Fsp3) is 0.333. The van der Waals surface area contributed by atoms with Crippen LogP contribution in [-0.4, -0.2) is 41.2 Å². The smallest absolute Gasteiger partial charge is 0.404 e. The van der Waals surface area contributed by atoms with Crippen molar-refractivity contribution in [2.24, 2.45) is 5.73 Å². The van der Waals surface area contributed by atoms with Gasteiger partial charge in [0.2, 0.25) is 11.9 Å². The molecule has 3 rings (SSSR count). The number of hydrogen-bond donors (Lipinski definition) is 2. The molecule has 2 amide bonds. The van der Waals surface area contributed by atoms with Crippen molar-refractivity contribution in [1.29, 1.82) is 0 Å². The first kappa shape index (κ1) is 17.7. The number of hydrogen-bond acceptors (Lipinski definition) is 6. The topological polar surface area (TPSA) is 110 Å². The maximum absolute atomic E-state index is 12.7. The van der Waals surface area contributed by atoms with Gasteiger partial charge in [-0.1, -0.05) is 12.1 Å². The van der Waals surface area contributed by atoms with Crippen molar-refractivity contribution in [1.82, 2.24) is 9.97 Å². The number of carbonyl (C=O) groups excluding carboxylic acids is 2. The van der Waals surface area contributed by atoms with E-state index in [1.165, 1.54) is 0 Å². The van der Waals surface area contributed by atoms with Crippen LogP contribution >= 0.6 is 0 Å². The minimum atomic E-state index is -0.780. The molecular formula is C18H21N5O3. The van der Waals surface area contributed by atoms with Gasteiger partial charge in [0.15, 0.2) is 0 Å². The average molecular weight is 355 g/mol. The Morgan fingerprint density at radius 2 is 1.96 bits per heavy atom. The van der Waals surface area contributed by atoms with Crippen molar-refractivity contribution in [2.75, 3.05) is 23.4 Å². The summed E-state index contributed by atoms with van der Waals surface area (Å²) < 4.78 is 4.71. The third-order valence-corrected chi connectivity index (χ3v) is 4.22. The molecule has 0 spiro atoms. The second kappa shape index (κ2) is 8.28. The number of benzene rings is 1. The Bertz CT molecular complexity index is 751. The third-order valence-electron chi connectivity index (χ3n) is 4.22. The zero-order chi connectivity index (χ0) is 18.4. The van der Waals surface area contributed by atoms with E-state index in [1.54, 1.807) is 18.5 Å². The number of nitrogens with one attached hydrogen (secondary N) is 1. The van der Waals surface area contributed by atoms with Crippen molar-refractivity contribution in [3.8, 4) is 0 Å². The molecule has 136 valence electrons. The number of primary amides is 1. The Hall–Kier alpha value is -3.16. The first-order chi connectivity index (χ1) is 12.6. The van der Waals surface area contributed by atoms with Crippen LogP contribution in [0.1, 0.15) is 18.4 Å². The lowest BCUT2D eigenvalue weighted by molar-refractivity contribution is -0.117. The number of carbonyl (C=O) groups is 2. The van der Waals surface area contributed by atoms with Crippen LogP contribution < -0.4 is 16.0 Å². The van der Waals surface area contributed by atoms with Gasteiger partial charge in [0.1, 0.15) is 6.04 Å². The number of aromatic nitrogens is 2. The Morgan fingerprint density at radius 3 is 2.65 bits per heavy atom. The lowest BCUT2D eigenvalue weighted by Gasteiger charge is -2.23. The molecule has 1 atom stereocenters. The average Bonchev–Trinajstić information content (AvgIpc) is 3.13. The van der Waals surface area contributed by atoms with Gasteiger partial charge in [0.05, 0.1) is 6.61 Å². The summed E-state index contributed by atoms with van der Waals surface area (Å²) in [6, 6.07) is 8.90. The molecule has 1 fully saturated rings. The van der Waals surface area contributed by atoms with Gasteiger partial charge in [-0.3, -0.25) is 4.79 Å². The summed E-state index contributed by atoms with van der Waals surface area (Å²) >= 11 is 0. The van der Waals surface area contributed by atoms with E-state index in [1.807, 2.05) is 29.2 Å². The fourth-order valence-electron chi connectivity index (χ4n) is 2.97. The highest BCUT2D eigenvalue weighted by Crippen LogP contribution is 2.23. The maximum Gasteiger partial charge on any atom is 0.404 e. The normalized spacial score (nSPS) is 16.3. The highest BCUT2D eigenvalue weighted by molar-refractivity contribution is 5.97. The van der Waals surface area contributed by atoms with Gasteiger partial charge in [-0.25, -0.2) is 14.8 Å². The molecular weight excluding hydrogens is 334 g/mol. The highest BCUT2D eigenvalue weighted by atomic mass is 16.5. The Labute approximate surface area is 151 Å². The molecule has 1 aliphatic heterocycles. The molecule has 0 bridgehead atoms. The first-order valence-electron chi connectivity index (χ1n) is 8.49. The number of nitrogens with zero attached hydrogens (tertiary/aromatic N) is 3.